The fraction of sp³-hybridized carbons (Fsp3) is 0.727. The first-order valence-corrected chi connectivity index (χ1v) is 5.84. The Hall–Kier alpha value is -1.63. The van der Waals surface area contributed by atoms with Gasteiger partial charge in [-0.2, -0.15) is 0 Å². The highest BCUT2D eigenvalue weighted by Gasteiger charge is 2.25. The van der Waals surface area contributed by atoms with Crippen molar-refractivity contribution in [3.63, 3.8) is 0 Å². The number of rotatable bonds is 6. The van der Waals surface area contributed by atoms with Crippen molar-refractivity contribution in [2.24, 2.45) is 0 Å². The van der Waals surface area contributed by atoms with Crippen molar-refractivity contribution in [1.29, 1.82) is 0 Å². The van der Waals surface area contributed by atoms with Gasteiger partial charge in [-0.25, -0.2) is 4.79 Å². The van der Waals surface area contributed by atoms with Crippen molar-refractivity contribution in [3.05, 3.63) is 0 Å². The summed E-state index contributed by atoms with van der Waals surface area (Å²) < 4.78 is 5.35. The van der Waals surface area contributed by atoms with E-state index < -0.39 is 30.3 Å². The number of amides is 1. The van der Waals surface area contributed by atoms with E-state index >= 15 is 0 Å². The lowest BCUT2D eigenvalue weighted by Crippen LogP contribution is -2.43. The molecular formula is C11H17NO6. The van der Waals surface area contributed by atoms with Gasteiger partial charge in [0.05, 0.1) is 18.9 Å². The Morgan fingerprint density at radius 3 is 2.50 bits per heavy atom. The van der Waals surface area contributed by atoms with Crippen molar-refractivity contribution in [2.45, 2.75) is 44.2 Å². The van der Waals surface area contributed by atoms with Crippen LogP contribution in [0.1, 0.15) is 32.1 Å². The quantitative estimate of drug-likeness (QED) is 0.618. The van der Waals surface area contributed by atoms with E-state index in [1.807, 2.05) is 0 Å². The molecule has 1 heterocycles. The minimum Gasteiger partial charge on any atom is -0.481 e. The van der Waals surface area contributed by atoms with Crippen LogP contribution in [0.4, 0.5) is 0 Å². The van der Waals surface area contributed by atoms with E-state index in [0.29, 0.717) is 6.61 Å². The highest BCUT2D eigenvalue weighted by atomic mass is 16.5. The number of carbonyl (C=O) groups excluding carboxylic acids is 1. The monoisotopic (exact) mass is 259 g/mol. The van der Waals surface area contributed by atoms with Gasteiger partial charge in [-0.1, -0.05) is 0 Å². The number of nitrogens with one attached hydrogen (secondary N) is 1. The molecule has 18 heavy (non-hydrogen) atoms. The maximum atomic E-state index is 11.6. The molecule has 1 amide bonds. The molecule has 7 heteroatoms. The molecule has 1 aliphatic rings. The van der Waals surface area contributed by atoms with Gasteiger partial charge in [0.15, 0.2) is 0 Å². The molecule has 3 N–H and O–H groups in total. The van der Waals surface area contributed by atoms with Crippen molar-refractivity contribution in [3.8, 4) is 0 Å². The second kappa shape index (κ2) is 6.95. The zero-order chi connectivity index (χ0) is 13.5. The molecule has 0 aliphatic carbocycles. The summed E-state index contributed by atoms with van der Waals surface area (Å²) in [5.41, 5.74) is 0. The van der Waals surface area contributed by atoms with Crippen LogP contribution in [0.25, 0.3) is 0 Å². The second-order valence-corrected chi connectivity index (χ2v) is 4.25. The molecule has 1 rings (SSSR count). The zero-order valence-corrected chi connectivity index (χ0v) is 9.92. The largest absolute Gasteiger partial charge is 0.481 e. The van der Waals surface area contributed by atoms with Gasteiger partial charge in [0.1, 0.15) is 6.04 Å². The number of carbonyl (C=O) groups is 3. The lowest BCUT2D eigenvalue weighted by molar-refractivity contribution is -0.147. The van der Waals surface area contributed by atoms with Crippen LogP contribution >= 0.6 is 0 Å². The summed E-state index contributed by atoms with van der Waals surface area (Å²) in [6.07, 6.45) is 1.96. The molecule has 0 aromatic rings. The minimum absolute atomic E-state index is 0.0728. The Morgan fingerprint density at radius 2 is 2.00 bits per heavy atom. The molecule has 2 unspecified atom stereocenters. The summed E-state index contributed by atoms with van der Waals surface area (Å²) in [6.45, 7) is 0.607. The van der Waals surface area contributed by atoms with E-state index in [2.05, 4.69) is 5.32 Å². The summed E-state index contributed by atoms with van der Waals surface area (Å²) in [6, 6.07) is -1.39. The SMILES string of the molecule is O=C(O)CC(NC(=O)CC1CCCCO1)C(=O)O. The number of ether oxygens (including phenoxy) is 1. The number of aliphatic carboxylic acids is 2. The minimum atomic E-state index is -1.39. The van der Waals surface area contributed by atoms with Gasteiger partial charge in [0.2, 0.25) is 5.91 Å². The fourth-order valence-electron chi connectivity index (χ4n) is 1.80. The van der Waals surface area contributed by atoms with E-state index in [-0.39, 0.29) is 12.5 Å². The topological polar surface area (TPSA) is 113 Å². The van der Waals surface area contributed by atoms with E-state index in [1.165, 1.54) is 0 Å². The predicted molar refractivity (Wildman–Crippen MR) is 60.0 cm³/mol. The predicted octanol–water partition coefficient (Wildman–Crippen LogP) is -0.0103. The highest BCUT2D eigenvalue weighted by Crippen LogP contribution is 2.15. The van der Waals surface area contributed by atoms with E-state index in [1.54, 1.807) is 0 Å². The maximum absolute atomic E-state index is 11.6. The number of carboxylic acid groups (broad SMARTS) is 2. The molecule has 0 aromatic carbocycles. The molecule has 0 radical (unpaired) electrons. The summed E-state index contributed by atoms with van der Waals surface area (Å²) in [4.78, 5) is 32.8. The Kier molecular flexibility index (Phi) is 5.57. The van der Waals surface area contributed by atoms with E-state index in [4.69, 9.17) is 14.9 Å². The molecule has 1 fully saturated rings. The van der Waals surface area contributed by atoms with Gasteiger partial charge < -0.3 is 20.3 Å². The second-order valence-electron chi connectivity index (χ2n) is 4.25. The van der Waals surface area contributed by atoms with Crippen LogP contribution in [0.5, 0.6) is 0 Å². The first-order valence-electron chi connectivity index (χ1n) is 5.84. The number of hydrogen-bond acceptors (Lipinski definition) is 4. The van der Waals surface area contributed by atoms with Gasteiger partial charge in [-0.3, -0.25) is 9.59 Å². The highest BCUT2D eigenvalue weighted by molar-refractivity contribution is 5.86. The Balaban J connectivity index is 2.40. The first kappa shape index (κ1) is 14.4. The van der Waals surface area contributed by atoms with Crippen LogP contribution in [0.3, 0.4) is 0 Å². The Bertz CT molecular complexity index is 323. The van der Waals surface area contributed by atoms with Gasteiger partial charge in [-0.05, 0) is 19.3 Å². The van der Waals surface area contributed by atoms with Crippen LogP contribution in [-0.4, -0.2) is 46.8 Å². The molecule has 0 saturated carbocycles. The molecule has 0 bridgehead atoms. The lowest BCUT2D eigenvalue weighted by Gasteiger charge is -2.22. The molecule has 1 saturated heterocycles. The van der Waals surface area contributed by atoms with Crippen LogP contribution in [0.15, 0.2) is 0 Å². The van der Waals surface area contributed by atoms with Crippen LogP contribution in [0, 0.1) is 0 Å². The number of hydrogen-bond donors (Lipinski definition) is 3. The van der Waals surface area contributed by atoms with Crippen molar-refractivity contribution < 1.29 is 29.3 Å². The van der Waals surface area contributed by atoms with Crippen LogP contribution < -0.4 is 5.32 Å². The third-order valence-corrected chi connectivity index (χ3v) is 2.70. The lowest BCUT2D eigenvalue weighted by atomic mass is 10.1. The van der Waals surface area contributed by atoms with Crippen LogP contribution in [-0.2, 0) is 19.1 Å². The average molecular weight is 259 g/mol. The molecule has 2 atom stereocenters. The van der Waals surface area contributed by atoms with Gasteiger partial charge in [-0.15, -0.1) is 0 Å². The summed E-state index contributed by atoms with van der Waals surface area (Å²) in [5.74, 6) is -3.11. The van der Waals surface area contributed by atoms with Crippen molar-refractivity contribution >= 4 is 17.8 Å². The average Bonchev–Trinajstić information content (AvgIpc) is 2.28. The van der Waals surface area contributed by atoms with Gasteiger partial charge >= 0.3 is 11.9 Å². The Labute approximate surface area is 104 Å². The summed E-state index contributed by atoms with van der Waals surface area (Å²) in [5, 5.41) is 19.5. The molecule has 0 aromatic heterocycles. The van der Waals surface area contributed by atoms with Gasteiger partial charge in [0, 0.05) is 6.61 Å². The molecular weight excluding hydrogens is 242 g/mol. The summed E-state index contributed by atoms with van der Waals surface area (Å²) >= 11 is 0. The number of carboxylic acids is 2. The molecule has 102 valence electrons. The van der Waals surface area contributed by atoms with E-state index in [9.17, 15) is 14.4 Å². The smallest absolute Gasteiger partial charge is 0.326 e. The fourth-order valence-corrected chi connectivity index (χ4v) is 1.80. The normalized spacial score (nSPS) is 21.0. The standard InChI is InChI=1S/C11H17NO6/c13-9(5-7-3-1-2-4-18-7)12-8(11(16)17)6-10(14)15/h7-8H,1-6H2,(H,12,13)(H,14,15)(H,16,17). The van der Waals surface area contributed by atoms with Crippen molar-refractivity contribution in [1.82, 2.24) is 5.32 Å². The third kappa shape index (κ3) is 5.13. The third-order valence-electron chi connectivity index (χ3n) is 2.70. The zero-order valence-electron chi connectivity index (χ0n) is 9.92. The Morgan fingerprint density at radius 1 is 1.28 bits per heavy atom. The summed E-state index contributed by atoms with van der Waals surface area (Å²) in [7, 11) is 0. The molecule has 7 nitrogen and oxygen atoms in total. The maximum Gasteiger partial charge on any atom is 0.326 e. The molecule has 0 spiro atoms. The van der Waals surface area contributed by atoms with Gasteiger partial charge in [0.25, 0.3) is 0 Å². The van der Waals surface area contributed by atoms with Crippen molar-refractivity contribution in [2.75, 3.05) is 6.61 Å². The van der Waals surface area contributed by atoms with Crippen LogP contribution in [0.2, 0.25) is 0 Å². The first-order chi connectivity index (χ1) is 8.49. The van der Waals surface area contributed by atoms with E-state index in [0.717, 1.165) is 19.3 Å². The molecule has 1 aliphatic heterocycles.